The van der Waals surface area contributed by atoms with E-state index in [2.05, 4.69) is 17.6 Å². The zero-order valence-electron chi connectivity index (χ0n) is 7.15. The monoisotopic (exact) mass is 191 g/mol. The first-order valence-electron chi connectivity index (χ1n) is 3.96. The third-order valence-electron chi connectivity index (χ3n) is 2.01. The summed E-state index contributed by atoms with van der Waals surface area (Å²) in [6.07, 6.45) is 1.66. The molecule has 0 fully saturated rings. The Kier molecular flexibility index (Phi) is 1.88. The number of fused-ring (bicyclic) bond motifs is 1. The molecule has 0 saturated heterocycles. The molecule has 0 spiro atoms. The van der Waals surface area contributed by atoms with Crippen LogP contribution in [0.3, 0.4) is 0 Å². The van der Waals surface area contributed by atoms with Crippen LogP contribution >= 0.6 is 12.6 Å². The lowest BCUT2D eigenvalue weighted by atomic mass is 10.1. The lowest BCUT2D eigenvalue weighted by molar-refractivity contribution is 0.477. The van der Waals surface area contributed by atoms with E-state index in [1.807, 2.05) is 25.1 Å². The van der Waals surface area contributed by atoms with Crippen LogP contribution in [0.1, 0.15) is 5.56 Å². The molecular weight excluding hydrogens is 182 g/mol. The van der Waals surface area contributed by atoms with Crippen molar-refractivity contribution in [2.45, 2.75) is 11.8 Å². The van der Waals surface area contributed by atoms with Crippen LogP contribution in [0.2, 0.25) is 0 Å². The summed E-state index contributed by atoms with van der Waals surface area (Å²) < 4.78 is 0. The average molecular weight is 191 g/mol. The minimum atomic E-state index is 0.293. The molecule has 0 saturated carbocycles. The van der Waals surface area contributed by atoms with Gasteiger partial charge in [-0.15, -0.1) is 12.6 Å². The van der Waals surface area contributed by atoms with Crippen molar-refractivity contribution >= 4 is 23.5 Å². The smallest absolute Gasteiger partial charge is 0.129 e. The fourth-order valence-corrected chi connectivity index (χ4v) is 1.47. The van der Waals surface area contributed by atoms with Gasteiger partial charge in [0.2, 0.25) is 0 Å². The highest BCUT2D eigenvalue weighted by Crippen LogP contribution is 2.27. The summed E-state index contributed by atoms with van der Waals surface area (Å²) in [5.41, 5.74) is 1.58. The van der Waals surface area contributed by atoms with Crippen LogP contribution in [0.25, 0.3) is 10.9 Å². The highest BCUT2D eigenvalue weighted by Gasteiger charge is 2.03. The van der Waals surface area contributed by atoms with E-state index < -0.39 is 0 Å². The van der Waals surface area contributed by atoms with Crippen LogP contribution in [-0.4, -0.2) is 10.1 Å². The van der Waals surface area contributed by atoms with Crippen molar-refractivity contribution in [3.8, 4) is 5.75 Å². The average Bonchev–Trinajstić information content (AvgIpc) is 2.12. The Hall–Kier alpha value is -1.22. The zero-order chi connectivity index (χ0) is 9.42. The van der Waals surface area contributed by atoms with Crippen molar-refractivity contribution in [3.63, 3.8) is 0 Å². The number of nitrogens with zero attached hydrogens (tertiary/aromatic N) is 1. The van der Waals surface area contributed by atoms with E-state index in [0.29, 0.717) is 5.75 Å². The Morgan fingerprint density at radius 3 is 2.92 bits per heavy atom. The quantitative estimate of drug-likeness (QED) is 0.627. The lowest BCUT2D eigenvalue weighted by Crippen LogP contribution is -1.83. The molecule has 0 aliphatic carbocycles. The predicted molar refractivity (Wildman–Crippen MR) is 55.4 cm³/mol. The van der Waals surface area contributed by atoms with E-state index >= 15 is 0 Å². The zero-order valence-corrected chi connectivity index (χ0v) is 8.05. The number of hydrogen-bond acceptors (Lipinski definition) is 3. The van der Waals surface area contributed by atoms with Gasteiger partial charge in [0.25, 0.3) is 0 Å². The van der Waals surface area contributed by atoms with E-state index in [9.17, 15) is 5.11 Å². The second-order valence-corrected chi connectivity index (χ2v) is 3.51. The Balaban J connectivity index is 2.89. The van der Waals surface area contributed by atoms with Gasteiger partial charge in [0, 0.05) is 22.0 Å². The number of aryl methyl sites for hydroxylation is 1. The molecule has 2 rings (SSSR count). The molecule has 13 heavy (non-hydrogen) atoms. The second-order valence-electron chi connectivity index (χ2n) is 2.99. The first-order valence-corrected chi connectivity index (χ1v) is 4.40. The minimum absolute atomic E-state index is 0.293. The summed E-state index contributed by atoms with van der Waals surface area (Å²) >= 11 is 4.20. The number of hydrogen-bond donors (Lipinski definition) is 2. The number of rotatable bonds is 0. The van der Waals surface area contributed by atoms with Crippen molar-refractivity contribution in [1.82, 2.24) is 4.98 Å². The summed E-state index contributed by atoms with van der Waals surface area (Å²) in [5.74, 6) is 0.293. The molecule has 1 aromatic heterocycles. The molecule has 3 heteroatoms. The van der Waals surface area contributed by atoms with Gasteiger partial charge in [0.15, 0.2) is 0 Å². The maximum Gasteiger partial charge on any atom is 0.129 e. The van der Waals surface area contributed by atoms with Gasteiger partial charge >= 0.3 is 0 Å². The van der Waals surface area contributed by atoms with E-state index in [-0.39, 0.29) is 0 Å². The molecule has 2 aromatic rings. The molecule has 0 bridgehead atoms. The predicted octanol–water partition coefficient (Wildman–Crippen LogP) is 2.54. The Morgan fingerprint density at radius 1 is 1.38 bits per heavy atom. The molecule has 1 heterocycles. The number of thiol groups is 1. The molecule has 1 N–H and O–H groups in total. The van der Waals surface area contributed by atoms with Crippen molar-refractivity contribution < 1.29 is 5.11 Å². The van der Waals surface area contributed by atoms with E-state index in [0.717, 1.165) is 21.4 Å². The van der Waals surface area contributed by atoms with Crippen molar-refractivity contribution in [2.75, 3.05) is 0 Å². The largest absolute Gasteiger partial charge is 0.507 e. The van der Waals surface area contributed by atoms with E-state index in [1.165, 1.54) is 0 Å². The van der Waals surface area contributed by atoms with Gasteiger partial charge < -0.3 is 5.11 Å². The van der Waals surface area contributed by atoms with Crippen LogP contribution in [0.4, 0.5) is 0 Å². The summed E-state index contributed by atoms with van der Waals surface area (Å²) in [4.78, 5) is 5.02. The summed E-state index contributed by atoms with van der Waals surface area (Å²) in [6.45, 7) is 1.83. The minimum Gasteiger partial charge on any atom is -0.507 e. The molecule has 0 amide bonds. The molecule has 0 radical (unpaired) electrons. The first kappa shape index (κ1) is 8.38. The molecule has 0 aliphatic rings. The third kappa shape index (κ3) is 1.35. The fraction of sp³-hybridized carbons (Fsp3) is 0.100. The molecule has 2 nitrogen and oxygen atoms in total. The summed E-state index contributed by atoms with van der Waals surface area (Å²) in [5, 5.41) is 10.5. The van der Waals surface area contributed by atoms with E-state index in [4.69, 9.17) is 0 Å². The maximum atomic E-state index is 9.71. The SMILES string of the molecule is Cc1cnc2ccc(S)cc2c1O. The maximum absolute atomic E-state index is 9.71. The number of aromatic hydroxyl groups is 1. The van der Waals surface area contributed by atoms with Crippen molar-refractivity contribution in [1.29, 1.82) is 0 Å². The van der Waals surface area contributed by atoms with Crippen LogP contribution < -0.4 is 0 Å². The molecule has 0 unspecified atom stereocenters. The highest BCUT2D eigenvalue weighted by atomic mass is 32.1. The summed E-state index contributed by atoms with van der Waals surface area (Å²) in [6, 6.07) is 5.51. The van der Waals surface area contributed by atoms with Crippen LogP contribution in [0, 0.1) is 6.92 Å². The van der Waals surface area contributed by atoms with Crippen molar-refractivity contribution in [2.24, 2.45) is 0 Å². The normalized spacial score (nSPS) is 10.6. The van der Waals surface area contributed by atoms with Gasteiger partial charge in [0.1, 0.15) is 5.75 Å². The topological polar surface area (TPSA) is 33.1 Å². The van der Waals surface area contributed by atoms with Gasteiger partial charge in [-0.1, -0.05) is 0 Å². The molecule has 1 aromatic carbocycles. The summed E-state index contributed by atoms with van der Waals surface area (Å²) in [7, 11) is 0. The van der Waals surface area contributed by atoms with Crippen LogP contribution in [-0.2, 0) is 0 Å². The number of pyridine rings is 1. The molecule has 66 valence electrons. The Labute approximate surface area is 81.6 Å². The molecule has 0 atom stereocenters. The van der Waals surface area contributed by atoms with Gasteiger partial charge in [-0.3, -0.25) is 4.98 Å². The fourth-order valence-electron chi connectivity index (χ4n) is 1.27. The second kappa shape index (κ2) is 2.92. The third-order valence-corrected chi connectivity index (χ3v) is 2.28. The molecule has 0 aliphatic heterocycles. The Bertz CT molecular complexity index is 462. The van der Waals surface area contributed by atoms with Gasteiger partial charge in [-0.2, -0.15) is 0 Å². The first-order chi connectivity index (χ1) is 6.18. The number of aromatic nitrogens is 1. The van der Waals surface area contributed by atoms with Crippen LogP contribution in [0.15, 0.2) is 29.3 Å². The standard InChI is InChI=1S/C10H9NOS/c1-6-5-11-9-3-2-7(13)4-8(9)10(6)12/h2-5,13H,1H3,(H,11,12). The van der Waals surface area contributed by atoms with E-state index in [1.54, 1.807) is 6.20 Å². The molecular formula is C10H9NOS. The van der Waals surface area contributed by atoms with Crippen molar-refractivity contribution in [3.05, 3.63) is 30.0 Å². The lowest BCUT2D eigenvalue weighted by Gasteiger charge is -2.03. The highest BCUT2D eigenvalue weighted by molar-refractivity contribution is 7.80. The number of benzene rings is 1. The van der Waals surface area contributed by atoms with Gasteiger partial charge in [0.05, 0.1) is 5.52 Å². The van der Waals surface area contributed by atoms with Gasteiger partial charge in [-0.05, 0) is 25.1 Å². The van der Waals surface area contributed by atoms with Gasteiger partial charge in [-0.25, -0.2) is 0 Å². The Morgan fingerprint density at radius 2 is 2.15 bits per heavy atom. The van der Waals surface area contributed by atoms with Crippen LogP contribution in [0.5, 0.6) is 5.75 Å².